The van der Waals surface area contributed by atoms with E-state index in [4.69, 9.17) is 0 Å². The van der Waals surface area contributed by atoms with Gasteiger partial charge < -0.3 is 5.32 Å². The number of aromatic amines is 1. The van der Waals surface area contributed by atoms with Gasteiger partial charge in [-0.3, -0.25) is 14.9 Å². The molecule has 0 radical (unpaired) electrons. The topological polar surface area (TPSA) is 126 Å². The van der Waals surface area contributed by atoms with Crippen LogP contribution in [0.2, 0.25) is 0 Å². The van der Waals surface area contributed by atoms with E-state index >= 15 is 0 Å². The molecule has 0 saturated carbocycles. The molecule has 1 heterocycles. The summed E-state index contributed by atoms with van der Waals surface area (Å²) in [6.07, 6.45) is 1.34. The Hall–Kier alpha value is -3.30. The molecule has 2 aromatic rings. The summed E-state index contributed by atoms with van der Waals surface area (Å²) in [7, 11) is 2.92. The van der Waals surface area contributed by atoms with Gasteiger partial charge in [-0.15, -0.1) is 0 Å². The van der Waals surface area contributed by atoms with Crippen LogP contribution in [0.4, 0.5) is 5.69 Å². The summed E-state index contributed by atoms with van der Waals surface area (Å²) in [5, 5.41) is 19.4. The van der Waals surface area contributed by atoms with Crippen LogP contribution in [0.5, 0.6) is 0 Å². The Balaban J connectivity index is 2.29. The largest absolute Gasteiger partial charge is 0.432 e. The van der Waals surface area contributed by atoms with Gasteiger partial charge in [-0.1, -0.05) is 10.3 Å². The molecule has 0 unspecified atom stereocenters. The lowest BCUT2D eigenvalue weighted by Gasteiger charge is -1.91. The molecule has 1 aromatic heterocycles. The van der Waals surface area contributed by atoms with Crippen molar-refractivity contribution in [3.63, 3.8) is 0 Å². The highest BCUT2D eigenvalue weighted by molar-refractivity contribution is 5.90. The number of hydrogen-bond donors (Lipinski definition) is 2. The number of nitro groups is 1. The molecule has 114 valence electrons. The third-order valence-electron chi connectivity index (χ3n) is 2.84. The summed E-state index contributed by atoms with van der Waals surface area (Å²) in [6.45, 7) is 0. The zero-order valence-corrected chi connectivity index (χ0v) is 11.8. The minimum absolute atomic E-state index is 0.0394. The Bertz CT molecular complexity index is 802. The number of non-ortho nitro benzene ring substituents is 1. The van der Waals surface area contributed by atoms with Crippen molar-refractivity contribution in [1.82, 2.24) is 15.3 Å². The maximum atomic E-state index is 12.0. The van der Waals surface area contributed by atoms with Crippen molar-refractivity contribution in [2.24, 2.45) is 12.1 Å². The Kier molecular flexibility index (Phi) is 4.11. The molecule has 0 fully saturated rings. The van der Waals surface area contributed by atoms with Crippen molar-refractivity contribution in [1.29, 1.82) is 0 Å². The van der Waals surface area contributed by atoms with E-state index in [-0.39, 0.29) is 11.4 Å². The maximum absolute atomic E-state index is 12.0. The van der Waals surface area contributed by atoms with E-state index in [2.05, 4.69) is 15.6 Å². The van der Waals surface area contributed by atoms with Crippen LogP contribution in [0, 0.1) is 10.1 Å². The predicted molar refractivity (Wildman–Crippen MR) is 75.7 cm³/mol. The van der Waals surface area contributed by atoms with Gasteiger partial charge in [0.1, 0.15) is 7.05 Å². The quantitative estimate of drug-likeness (QED) is 0.330. The molecule has 0 aliphatic carbocycles. The van der Waals surface area contributed by atoms with Crippen molar-refractivity contribution in [3.8, 4) is 0 Å². The van der Waals surface area contributed by atoms with Crippen LogP contribution in [0.25, 0.3) is 0 Å². The number of nitrogens with zero attached hydrogens (tertiary/aromatic N) is 4. The summed E-state index contributed by atoms with van der Waals surface area (Å²) in [5.74, 6) is -0.534. The van der Waals surface area contributed by atoms with Gasteiger partial charge in [0.05, 0.1) is 11.1 Å². The fourth-order valence-corrected chi connectivity index (χ4v) is 1.73. The van der Waals surface area contributed by atoms with Gasteiger partial charge in [0.25, 0.3) is 5.69 Å². The van der Waals surface area contributed by atoms with Crippen molar-refractivity contribution in [2.75, 3.05) is 7.05 Å². The zero-order chi connectivity index (χ0) is 16.3. The van der Waals surface area contributed by atoms with Crippen molar-refractivity contribution < 1.29 is 14.4 Å². The number of carbonyl (C=O) groups excluding carboxylic acids is 1. The van der Waals surface area contributed by atoms with E-state index in [1.54, 1.807) is 0 Å². The number of rotatable bonds is 4. The first-order valence-corrected chi connectivity index (χ1v) is 6.16. The highest BCUT2D eigenvalue weighted by Gasteiger charge is 2.25. The number of amides is 1. The normalized spacial score (nSPS) is 10.8. The molecule has 0 saturated heterocycles. The lowest BCUT2D eigenvalue weighted by molar-refractivity contribution is -0.734. The average molecular weight is 305 g/mol. The van der Waals surface area contributed by atoms with E-state index in [1.807, 2.05) is 0 Å². The molecule has 1 amide bonds. The molecule has 0 aliphatic heterocycles. The second-order valence-electron chi connectivity index (χ2n) is 4.30. The first-order chi connectivity index (χ1) is 10.4. The highest BCUT2D eigenvalue weighted by atomic mass is 16.6. The molecular weight excluding hydrogens is 292 g/mol. The van der Waals surface area contributed by atoms with E-state index in [9.17, 15) is 19.7 Å². The van der Waals surface area contributed by atoms with Crippen molar-refractivity contribution in [3.05, 3.63) is 56.0 Å². The van der Waals surface area contributed by atoms with E-state index < -0.39 is 16.4 Å². The Morgan fingerprint density at radius 2 is 2.09 bits per heavy atom. The van der Waals surface area contributed by atoms with Crippen LogP contribution >= 0.6 is 0 Å². The summed E-state index contributed by atoms with van der Waals surface area (Å²) in [6, 6.07) is 5.65. The zero-order valence-electron chi connectivity index (χ0n) is 11.8. The Morgan fingerprint density at radius 3 is 2.64 bits per heavy atom. The van der Waals surface area contributed by atoms with Gasteiger partial charge in [-0.25, -0.2) is 4.79 Å². The monoisotopic (exact) mass is 305 g/mol. The predicted octanol–water partition coefficient (Wildman–Crippen LogP) is -0.849. The van der Waals surface area contributed by atoms with Crippen molar-refractivity contribution in [2.45, 2.75) is 0 Å². The van der Waals surface area contributed by atoms with Crippen LogP contribution in [-0.4, -0.2) is 34.1 Å². The molecule has 10 nitrogen and oxygen atoms in total. The van der Waals surface area contributed by atoms with E-state index in [1.165, 1.54) is 49.3 Å². The molecule has 22 heavy (non-hydrogen) atoms. The summed E-state index contributed by atoms with van der Waals surface area (Å²) >= 11 is 0. The number of nitro benzene ring substituents is 1. The van der Waals surface area contributed by atoms with Gasteiger partial charge >= 0.3 is 17.2 Å². The maximum Gasteiger partial charge on any atom is 0.432 e. The summed E-state index contributed by atoms with van der Waals surface area (Å²) in [5.41, 5.74) is -0.179. The standard InChI is InChI=1S/C12H12N6O4/c1-13-11(19)10-12(20)17(15-16(10)2)14-7-8-3-5-9(6-4-8)18(21)22/h3-7H,1-2H3,(H-,13,15,19,20)/p+1. The first-order valence-electron chi connectivity index (χ1n) is 6.16. The number of carbonyl (C=O) groups is 1. The van der Waals surface area contributed by atoms with Crippen molar-refractivity contribution >= 4 is 17.8 Å². The highest BCUT2D eigenvalue weighted by Crippen LogP contribution is 2.10. The van der Waals surface area contributed by atoms with Gasteiger partial charge in [0, 0.05) is 24.0 Å². The summed E-state index contributed by atoms with van der Waals surface area (Å²) < 4.78 is 1.24. The lowest BCUT2D eigenvalue weighted by Crippen LogP contribution is -2.42. The molecule has 2 N–H and O–H groups in total. The Morgan fingerprint density at radius 1 is 1.45 bits per heavy atom. The number of benzene rings is 1. The number of H-pyrrole nitrogens is 1. The second-order valence-corrected chi connectivity index (χ2v) is 4.30. The third-order valence-corrected chi connectivity index (χ3v) is 2.84. The molecule has 0 bridgehead atoms. The smallest absolute Gasteiger partial charge is 0.352 e. The molecule has 2 rings (SSSR count). The molecule has 1 aromatic carbocycles. The van der Waals surface area contributed by atoms with Crippen LogP contribution in [-0.2, 0) is 7.05 Å². The molecular formula is C12H13N6O4+. The molecule has 0 spiro atoms. The number of nitrogens with one attached hydrogen (secondary N) is 2. The average Bonchev–Trinajstić information content (AvgIpc) is 2.79. The molecule has 0 aliphatic rings. The lowest BCUT2D eigenvalue weighted by atomic mass is 10.2. The van der Waals surface area contributed by atoms with Gasteiger partial charge in [0.15, 0.2) is 0 Å². The minimum atomic E-state index is -0.611. The van der Waals surface area contributed by atoms with Crippen LogP contribution in [0.1, 0.15) is 16.1 Å². The number of aryl methyl sites for hydroxylation is 1. The van der Waals surface area contributed by atoms with E-state index in [0.717, 1.165) is 4.79 Å². The van der Waals surface area contributed by atoms with Crippen LogP contribution in [0.15, 0.2) is 34.2 Å². The SMILES string of the molecule is CNC(=O)c1c(=O)n(N=Cc2ccc([N+](=O)[O-])cc2)[nH][n+]1C. The van der Waals surface area contributed by atoms with Gasteiger partial charge in [-0.2, -0.15) is 4.68 Å². The third kappa shape index (κ3) is 2.90. The number of aromatic nitrogens is 3. The van der Waals surface area contributed by atoms with Gasteiger partial charge in [-0.05, 0) is 17.7 Å². The fraction of sp³-hybridized carbons (Fsp3) is 0.167. The van der Waals surface area contributed by atoms with Crippen LogP contribution < -0.4 is 15.6 Å². The number of hydrogen-bond acceptors (Lipinski definition) is 5. The van der Waals surface area contributed by atoms with E-state index in [0.29, 0.717) is 5.56 Å². The summed E-state index contributed by atoms with van der Waals surface area (Å²) in [4.78, 5) is 34.5. The Labute approximate surface area is 123 Å². The van der Waals surface area contributed by atoms with Crippen LogP contribution in [0.3, 0.4) is 0 Å². The minimum Gasteiger partial charge on any atom is -0.352 e. The molecule has 0 atom stereocenters. The fourth-order valence-electron chi connectivity index (χ4n) is 1.73. The second kappa shape index (κ2) is 5.99. The van der Waals surface area contributed by atoms with Gasteiger partial charge in [0.2, 0.25) is 0 Å². The molecule has 10 heteroatoms. The first kappa shape index (κ1) is 15.1.